The van der Waals surface area contributed by atoms with Gasteiger partial charge in [0.15, 0.2) is 0 Å². The second-order valence-corrected chi connectivity index (χ2v) is 5.29. The topological polar surface area (TPSA) is 50.4 Å². The van der Waals surface area contributed by atoms with Crippen LogP contribution >= 0.6 is 12.4 Å². The summed E-state index contributed by atoms with van der Waals surface area (Å²) in [5, 5.41) is 6.15. The molecule has 1 aliphatic rings. The maximum absolute atomic E-state index is 11.9. The number of hydrogen-bond donors (Lipinski definition) is 2. The van der Waals surface area contributed by atoms with E-state index in [1.54, 1.807) is 0 Å². The molecule has 0 radical (unpaired) electrons. The van der Waals surface area contributed by atoms with E-state index in [2.05, 4.69) is 10.6 Å². The smallest absolute Gasteiger partial charge is 0.251 e. The van der Waals surface area contributed by atoms with Crippen molar-refractivity contribution in [1.82, 2.24) is 10.6 Å². The van der Waals surface area contributed by atoms with Gasteiger partial charge in [0.25, 0.3) is 5.91 Å². The summed E-state index contributed by atoms with van der Waals surface area (Å²) in [5.74, 6) is 0.589. The van der Waals surface area contributed by atoms with Crippen molar-refractivity contribution in [2.75, 3.05) is 19.6 Å². The van der Waals surface area contributed by atoms with Crippen LogP contribution in [-0.4, -0.2) is 31.6 Å². The monoisotopic (exact) mass is 298 g/mol. The van der Waals surface area contributed by atoms with Gasteiger partial charge in [-0.15, -0.1) is 12.4 Å². The molecule has 1 amide bonds. The van der Waals surface area contributed by atoms with Crippen LogP contribution in [0, 0.1) is 5.92 Å². The molecule has 0 atom stereocenters. The minimum absolute atomic E-state index is 0. The lowest BCUT2D eigenvalue weighted by Crippen LogP contribution is -2.48. The Morgan fingerprint density at radius 3 is 2.50 bits per heavy atom. The quantitative estimate of drug-likeness (QED) is 0.844. The third kappa shape index (κ3) is 5.12. The van der Waals surface area contributed by atoms with Crippen LogP contribution in [0.15, 0.2) is 24.3 Å². The molecule has 1 saturated heterocycles. The fraction of sp³-hybridized carbons (Fsp3) is 0.533. The van der Waals surface area contributed by atoms with E-state index in [0.717, 1.165) is 25.2 Å². The van der Waals surface area contributed by atoms with E-state index in [0.29, 0.717) is 18.1 Å². The standard InChI is InChI=1S/C15H22N2O2.ClH/c1-11(2)19-10-12-3-5-14(6-4-12)15(18)17-9-13-7-16-8-13;/h3-6,11,13,16H,7-10H2,1-2H3,(H,17,18);1H. The molecular weight excluding hydrogens is 276 g/mol. The van der Waals surface area contributed by atoms with Crippen LogP contribution in [0.25, 0.3) is 0 Å². The maximum atomic E-state index is 11.9. The van der Waals surface area contributed by atoms with E-state index in [9.17, 15) is 4.79 Å². The molecule has 5 heteroatoms. The van der Waals surface area contributed by atoms with Crippen molar-refractivity contribution in [3.05, 3.63) is 35.4 Å². The van der Waals surface area contributed by atoms with Gasteiger partial charge in [-0.3, -0.25) is 4.79 Å². The number of carbonyl (C=O) groups is 1. The zero-order valence-electron chi connectivity index (χ0n) is 12.0. The van der Waals surface area contributed by atoms with E-state index in [1.165, 1.54) is 0 Å². The predicted molar refractivity (Wildman–Crippen MR) is 82.3 cm³/mol. The summed E-state index contributed by atoms with van der Waals surface area (Å²) >= 11 is 0. The molecule has 1 heterocycles. The molecule has 1 aromatic carbocycles. The van der Waals surface area contributed by atoms with Gasteiger partial charge in [-0.05, 0) is 31.5 Å². The van der Waals surface area contributed by atoms with Crippen molar-refractivity contribution in [1.29, 1.82) is 0 Å². The number of amides is 1. The van der Waals surface area contributed by atoms with Gasteiger partial charge in [0, 0.05) is 31.1 Å². The van der Waals surface area contributed by atoms with Gasteiger partial charge >= 0.3 is 0 Å². The van der Waals surface area contributed by atoms with E-state index in [-0.39, 0.29) is 24.4 Å². The predicted octanol–water partition coefficient (Wildman–Crippen LogP) is 1.98. The second kappa shape index (κ2) is 8.25. The maximum Gasteiger partial charge on any atom is 0.251 e. The highest BCUT2D eigenvalue weighted by Crippen LogP contribution is 2.08. The zero-order chi connectivity index (χ0) is 13.7. The number of hydrogen-bond acceptors (Lipinski definition) is 3. The lowest BCUT2D eigenvalue weighted by atomic mass is 10.0. The number of carbonyl (C=O) groups excluding carboxylic acids is 1. The number of nitrogens with one attached hydrogen (secondary N) is 2. The highest BCUT2D eigenvalue weighted by Gasteiger charge is 2.17. The van der Waals surface area contributed by atoms with Gasteiger partial charge in [-0.1, -0.05) is 12.1 Å². The second-order valence-electron chi connectivity index (χ2n) is 5.29. The minimum atomic E-state index is 0. The zero-order valence-corrected chi connectivity index (χ0v) is 12.8. The van der Waals surface area contributed by atoms with Crippen molar-refractivity contribution in [3.8, 4) is 0 Å². The molecule has 1 fully saturated rings. The van der Waals surface area contributed by atoms with Gasteiger partial charge in [-0.25, -0.2) is 0 Å². The summed E-state index contributed by atoms with van der Waals surface area (Å²) in [4.78, 5) is 11.9. The summed E-state index contributed by atoms with van der Waals surface area (Å²) < 4.78 is 5.52. The van der Waals surface area contributed by atoms with Crippen LogP contribution in [0.3, 0.4) is 0 Å². The first kappa shape index (κ1) is 17.0. The van der Waals surface area contributed by atoms with E-state index < -0.39 is 0 Å². The summed E-state index contributed by atoms with van der Waals surface area (Å²) in [6, 6.07) is 7.60. The summed E-state index contributed by atoms with van der Waals surface area (Å²) in [7, 11) is 0. The number of rotatable bonds is 6. The fourth-order valence-electron chi connectivity index (χ4n) is 1.85. The Balaban J connectivity index is 0.00000200. The average molecular weight is 299 g/mol. The molecule has 0 bridgehead atoms. The SMILES string of the molecule is CC(C)OCc1ccc(C(=O)NCC2CNC2)cc1.Cl. The molecule has 0 aromatic heterocycles. The lowest BCUT2D eigenvalue weighted by Gasteiger charge is -2.27. The van der Waals surface area contributed by atoms with Crippen molar-refractivity contribution >= 4 is 18.3 Å². The third-order valence-electron chi connectivity index (χ3n) is 3.22. The van der Waals surface area contributed by atoms with Crippen LogP contribution in [-0.2, 0) is 11.3 Å². The fourth-order valence-corrected chi connectivity index (χ4v) is 1.85. The Morgan fingerprint density at radius 1 is 1.35 bits per heavy atom. The first-order valence-electron chi connectivity index (χ1n) is 6.84. The molecule has 2 rings (SSSR count). The lowest BCUT2D eigenvalue weighted by molar-refractivity contribution is 0.0656. The molecule has 0 spiro atoms. The van der Waals surface area contributed by atoms with Crippen LogP contribution in [0.4, 0.5) is 0 Å². The molecule has 1 aliphatic heterocycles. The highest BCUT2D eigenvalue weighted by molar-refractivity contribution is 5.94. The molecule has 0 aliphatic carbocycles. The average Bonchev–Trinajstić information content (AvgIpc) is 2.35. The molecule has 1 aromatic rings. The largest absolute Gasteiger partial charge is 0.374 e. The minimum Gasteiger partial charge on any atom is -0.374 e. The van der Waals surface area contributed by atoms with Gasteiger partial charge in [-0.2, -0.15) is 0 Å². The molecule has 0 unspecified atom stereocenters. The van der Waals surface area contributed by atoms with E-state index >= 15 is 0 Å². The van der Waals surface area contributed by atoms with Crippen molar-refractivity contribution in [2.24, 2.45) is 5.92 Å². The Morgan fingerprint density at radius 2 is 2.00 bits per heavy atom. The van der Waals surface area contributed by atoms with Crippen molar-refractivity contribution in [2.45, 2.75) is 26.6 Å². The number of benzene rings is 1. The Hall–Kier alpha value is -1.10. The number of ether oxygens (including phenoxy) is 1. The van der Waals surface area contributed by atoms with Gasteiger partial charge in [0.2, 0.25) is 0 Å². The number of halogens is 1. The Bertz CT molecular complexity index is 416. The molecule has 112 valence electrons. The van der Waals surface area contributed by atoms with E-state index in [4.69, 9.17) is 4.74 Å². The summed E-state index contributed by atoms with van der Waals surface area (Å²) in [5.41, 5.74) is 1.80. The van der Waals surface area contributed by atoms with Crippen LogP contribution in [0.5, 0.6) is 0 Å². The first-order valence-corrected chi connectivity index (χ1v) is 6.84. The normalized spacial score (nSPS) is 14.6. The molecule has 4 nitrogen and oxygen atoms in total. The highest BCUT2D eigenvalue weighted by atomic mass is 35.5. The molecule has 2 N–H and O–H groups in total. The van der Waals surface area contributed by atoms with Crippen LogP contribution in [0.2, 0.25) is 0 Å². The third-order valence-corrected chi connectivity index (χ3v) is 3.22. The van der Waals surface area contributed by atoms with Crippen molar-refractivity contribution in [3.63, 3.8) is 0 Å². The van der Waals surface area contributed by atoms with E-state index in [1.807, 2.05) is 38.1 Å². The molecule has 0 saturated carbocycles. The van der Waals surface area contributed by atoms with Gasteiger partial charge < -0.3 is 15.4 Å². The summed E-state index contributed by atoms with van der Waals surface area (Å²) in [6.45, 7) is 7.38. The Labute approximate surface area is 126 Å². The van der Waals surface area contributed by atoms with Gasteiger partial charge in [0.1, 0.15) is 0 Å². The van der Waals surface area contributed by atoms with Crippen molar-refractivity contribution < 1.29 is 9.53 Å². The van der Waals surface area contributed by atoms with Crippen LogP contribution < -0.4 is 10.6 Å². The molecular formula is C15H23ClN2O2. The summed E-state index contributed by atoms with van der Waals surface area (Å²) in [6.07, 6.45) is 0.221. The first-order chi connectivity index (χ1) is 9.15. The van der Waals surface area contributed by atoms with Gasteiger partial charge in [0.05, 0.1) is 12.7 Å². The Kier molecular flexibility index (Phi) is 6.99. The van der Waals surface area contributed by atoms with Crippen LogP contribution in [0.1, 0.15) is 29.8 Å². The molecule has 20 heavy (non-hydrogen) atoms.